The number of likely N-dealkylation sites (tertiary alicyclic amines) is 1. The van der Waals surface area contributed by atoms with Crippen LogP contribution >= 0.6 is 11.3 Å². The quantitative estimate of drug-likeness (QED) is 0.841. The molecule has 0 aliphatic carbocycles. The third-order valence-corrected chi connectivity index (χ3v) is 6.55. The van der Waals surface area contributed by atoms with Crippen molar-refractivity contribution in [2.24, 2.45) is 5.92 Å². The highest BCUT2D eigenvalue weighted by Crippen LogP contribution is 2.25. The molecular weight excluding hydrogens is 334 g/mol. The molecule has 0 aromatic carbocycles. The highest BCUT2D eigenvalue weighted by Gasteiger charge is 2.30. The van der Waals surface area contributed by atoms with Crippen LogP contribution in [-0.2, 0) is 9.53 Å². The topological polar surface area (TPSA) is 44.8 Å². The van der Waals surface area contributed by atoms with Crippen LogP contribution in [0.2, 0.25) is 0 Å². The lowest BCUT2D eigenvalue weighted by atomic mass is 9.93. The minimum atomic E-state index is 0.169. The second-order valence-corrected chi connectivity index (χ2v) is 8.37. The smallest absolute Gasteiger partial charge is 0.223 e. The molecule has 1 atom stereocenters. The van der Waals surface area contributed by atoms with Crippen molar-refractivity contribution in [2.45, 2.75) is 37.8 Å². The number of nitrogens with zero attached hydrogens (tertiary/aromatic N) is 2. The van der Waals surface area contributed by atoms with Gasteiger partial charge in [-0.2, -0.15) is 0 Å². The molecule has 3 rings (SSSR count). The molecule has 1 N–H and O–H groups in total. The fourth-order valence-electron chi connectivity index (χ4n) is 3.94. The molecule has 1 amide bonds. The zero-order valence-corrected chi connectivity index (χ0v) is 16.3. The number of ether oxygens (including phenoxy) is 1. The Morgan fingerprint density at radius 3 is 2.64 bits per heavy atom. The lowest BCUT2D eigenvalue weighted by molar-refractivity contribution is -0.127. The van der Waals surface area contributed by atoms with E-state index in [2.05, 4.69) is 46.7 Å². The van der Waals surface area contributed by atoms with E-state index in [0.29, 0.717) is 12.6 Å². The molecule has 0 saturated carbocycles. The van der Waals surface area contributed by atoms with Crippen LogP contribution in [-0.4, -0.2) is 68.7 Å². The zero-order valence-electron chi connectivity index (χ0n) is 15.4. The van der Waals surface area contributed by atoms with Crippen LogP contribution in [0.25, 0.3) is 0 Å². The average Bonchev–Trinajstić information content (AvgIpc) is 3.16. The summed E-state index contributed by atoms with van der Waals surface area (Å²) in [5.41, 5.74) is 0. The summed E-state index contributed by atoms with van der Waals surface area (Å²) in [5, 5.41) is 5.30. The first-order chi connectivity index (χ1) is 12.1. The molecule has 0 spiro atoms. The minimum absolute atomic E-state index is 0.169. The predicted molar refractivity (Wildman–Crippen MR) is 102 cm³/mol. The molecule has 5 nitrogen and oxygen atoms in total. The monoisotopic (exact) mass is 365 g/mol. The standard InChI is InChI=1S/C19H31N3O2S/c1-21(2)17(18-4-3-13-25-18)14-20-19(23)15-5-9-22(10-6-15)16-7-11-24-12-8-16/h3-4,13,15-17H,5-12,14H2,1-2H3,(H,20,23). The second kappa shape index (κ2) is 9.12. The first-order valence-electron chi connectivity index (χ1n) is 9.44. The van der Waals surface area contributed by atoms with Crippen molar-refractivity contribution in [3.05, 3.63) is 22.4 Å². The Bertz CT molecular complexity index is 521. The van der Waals surface area contributed by atoms with Crippen LogP contribution in [0, 0.1) is 5.92 Å². The normalized spacial score (nSPS) is 22.2. The van der Waals surface area contributed by atoms with Gasteiger partial charge >= 0.3 is 0 Å². The largest absolute Gasteiger partial charge is 0.381 e. The lowest BCUT2D eigenvalue weighted by Gasteiger charge is -2.39. The van der Waals surface area contributed by atoms with E-state index in [-0.39, 0.29) is 17.9 Å². The molecule has 1 aromatic heterocycles. The van der Waals surface area contributed by atoms with Crippen LogP contribution < -0.4 is 5.32 Å². The van der Waals surface area contributed by atoms with E-state index >= 15 is 0 Å². The summed E-state index contributed by atoms with van der Waals surface area (Å²) in [6, 6.07) is 5.14. The maximum Gasteiger partial charge on any atom is 0.223 e. The number of hydrogen-bond donors (Lipinski definition) is 1. The van der Waals surface area contributed by atoms with Crippen molar-refractivity contribution in [2.75, 3.05) is 46.9 Å². The number of amides is 1. The van der Waals surface area contributed by atoms with Gasteiger partial charge in [-0.1, -0.05) is 6.07 Å². The third kappa shape index (κ3) is 5.03. The van der Waals surface area contributed by atoms with Gasteiger partial charge in [-0.25, -0.2) is 0 Å². The zero-order chi connectivity index (χ0) is 17.6. The maximum absolute atomic E-state index is 12.6. The number of hydrogen-bond acceptors (Lipinski definition) is 5. The minimum Gasteiger partial charge on any atom is -0.381 e. The molecule has 2 fully saturated rings. The second-order valence-electron chi connectivity index (χ2n) is 7.39. The molecule has 2 aliphatic heterocycles. The van der Waals surface area contributed by atoms with Crippen LogP contribution in [0.15, 0.2) is 17.5 Å². The molecule has 3 heterocycles. The summed E-state index contributed by atoms with van der Waals surface area (Å²) >= 11 is 1.75. The van der Waals surface area contributed by atoms with Crippen molar-refractivity contribution in [3.8, 4) is 0 Å². The molecule has 1 aromatic rings. The highest BCUT2D eigenvalue weighted by molar-refractivity contribution is 7.10. The molecule has 1 unspecified atom stereocenters. The first-order valence-corrected chi connectivity index (χ1v) is 10.3. The molecule has 0 radical (unpaired) electrons. The maximum atomic E-state index is 12.6. The number of nitrogens with one attached hydrogen (secondary N) is 1. The van der Waals surface area contributed by atoms with Gasteiger partial charge in [0, 0.05) is 36.6 Å². The van der Waals surface area contributed by atoms with E-state index in [0.717, 1.165) is 52.0 Å². The van der Waals surface area contributed by atoms with Crippen molar-refractivity contribution < 1.29 is 9.53 Å². The fourth-order valence-corrected chi connectivity index (χ4v) is 4.86. The van der Waals surface area contributed by atoms with Gasteiger partial charge in [-0.05, 0) is 64.3 Å². The van der Waals surface area contributed by atoms with E-state index in [4.69, 9.17) is 4.74 Å². The van der Waals surface area contributed by atoms with Crippen LogP contribution in [0.5, 0.6) is 0 Å². The van der Waals surface area contributed by atoms with Gasteiger partial charge in [0.2, 0.25) is 5.91 Å². The van der Waals surface area contributed by atoms with Crippen molar-refractivity contribution in [1.82, 2.24) is 15.1 Å². The Hall–Kier alpha value is -0.950. The van der Waals surface area contributed by atoms with Gasteiger partial charge in [0.15, 0.2) is 0 Å². The molecular formula is C19H31N3O2S. The van der Waals surface area contributed by atoms with Gasteiger partial charge in [-0.3, -0.25) is 4.79 Å². The lowest BCUT2D eigenvalue weighted by Crippen LogP contribution is -2.47. The number of piperidine rings is 1. The average molecular weight is 366 g/mol. The van der Waals surface area contributed by atoms with E-state index in [9.17, 15) is 4.79 Å². The summed E-state index contributed by atoms with van der Waals surface area (Å²) in [5.74, 6) is 0.400. The molecule has 6 heteroatoms. The Morgan fingerprint density at radius 2 is 2.04 bits per heavy atom. The fraction of sp³-hybridized carbons (Fsp3) is 0.737. The summed E-state index contributed by atoms with van der Waals surface area (Å²) in [6.07, 6.45) is 4.24. The van der Waals surface area contributed by atoms with Crippen LogP contribution in [0.4, 0.5) is 0 Å². The van der Waals surface area contributed by atoms with Gasteiger partial charge in [0.05, 0.1) is 6.04 Å². The highest BCUT2D eigenvalue weighted by atomic mass is 32.1. The van der Waals surface area contributed by atoms with Crippen LogP contribution in [0.1, 0.15) is 36.6 Å². The Morgan fingerprint density at radius 1 is 1.32 bits per heavy atom. The van der Waals surface area contributed by atoms with E-state index < -0.39 is 0 Å². The SMILES string of the molecule is CN(C)C(CNC(=O)C1CCN(C2CCOCC2)CC1)c1cccs1. The molecule has 2 saturated heterocycles. The summed E-state index contributed by atoms with van der Waals surface area (Å²) in [4.78, 5) is 18.7. The Balaban J connectivity index is 1.44. The first kappa shape index (κ1) is 18.8. The number of thiophene rings is 1. The summed E-state index contributed by atoms with van der Waals surface area (Å²) < 4.78 is 5.46. The molecule has 2 aliphatic rings. The van der Waals surface area contributed by atoms with E-state index in [1.165, 1.54) is 4.88 Å². The number of carbonyl (C=O) groups excluding carboxylic acids is 1. The number of carbonyl (C=O) groups is 1. The molecule has 140 valence electrons. The van der Waals surface area contributed by atoms with Crippen LogP contribution in [0.3, 0.4) is 0 Å². The van der Waals surface area contributed by atoms with Gasteiger partial charge in [0.25, 0.3) is 0 Å². The van der Waals surface area contributed by atoms with Crippen molar-refractivity contribution in [3.63, 3.8) is 0 Å². The number of likely N-dealkylation sites (N-methyl/N-ethyl adjacent to an activating group) is 1. The molecule has 25 heavy (non-hydrogen) atoms. The van der Waals surface area contributed by atoms with E-state index in [1.807, 2.05) is 0 Å². The Labute approximate surface area is 155 Å². The number of rotatable bonds is 6. The van der Waals surface area contributed by atoms with Gasteiger partial charge in [0.1, 0.15) is 0 Å². The predicted octanol–water partition coefficient (Wildman–Crippen LogP) is 2.36. The van der Waals surface area contributed by atoms with Gasteiger partial charge < -0.3 is 19.9 Å². The van der Waals surface area contributed by atoms with Crippen molar-refractivity contribution in [1.29, 1.82) is 0 Å². The van der Waals surface area contributed by atoms with Crippen molar-refractivity contribution >= 4 is 17.2 Å². The van der Waals surface area contributed by atoms with E-state index in [1.54, 1.807) is 11.3 Å². The van der Waals surface area contributed by atoms with Gasteiger partial charge in [-0.15, -0.1) is 11.3 Å². The summed E-state index contributed by atoms with van der Waals surface area (Å²) in [6.45, 7) is 4.56. The molecule has 0 bridgehead atoms. The third-order valence-electron chi connectivity index (χ3n) is 5.57. The Kier molecular flexibility index (Phi) is 6.87. The summed E-state index contributed by atoms with van der Waals surface area (Å²) in [7, 11) is 4.14.